The van der Waals surface area contributed by atoms with Crippen molar-refractivity contribution in [2.24, 2.45) is 5.73 Å². The molecule has 0 bridgehead atoms. The smallest absolute Gasteiger partial charge is 0.366 e. The van der Waals surface area contributed by atoms with Gasteiger partial charge in [0, 0.05) is 24.9 Å². The van der Waals surface area contributed by atoms with Gasteiger partial charge in [-0.25, -0.2) is 22.8 Å². The first-order chi connectivity index (χ1) is 17.6. The number of nitrogens with two attached hydrogens (primary N) is 1. The molecule has 1 amide bonds. The first kappa shape index (κ1) is 28.8. The average molecular weight is 562 g/mol. The van der Waals surface area contributed by atoms with E-state index in [4.69, 9.17) is 5.73 Å². The fraction of sp³-hybridized carbons (Fsp3) is 0.227. The van der Waals surface area contributed by atoms with Gasteiger partial charge in [0.15, 0.2) is 5.82 Å². The second-order valence-electron chi connectivity index (χ2n) is 7.78. The van der Waals surface area contributed by atoms with Crippen LogP contribution in [-0.2, 0) is 27.2 Å². The number of alkyl halides is 6. The molecule has 1 aromatic heterocycles. The maximum absolute atomic E-state index is 13.2. The Hall–Kier alpha value is -3.76. The number of nitrogens with zero attached hydrogens (tertiary/aromatic N) is 3. The van der Waals surface area contributed by atoms with E-state index in [0.29, 0.717) is 18.7 Å². The number of halogens is 6. The van der Waals surface area contributed by atoms with E-state index in [-0.39, 0.29) is 28.6 Å². The number of rotatable bonds is 9. The average Bonchev–Trinajstić information content (AvgIpc) is 3.30. The number of sulfonamides is 1. The lowest BCUT2D eigenvalue weighted by Gasteiger charge is -2.13. The van der Waals surface area contributed by atoms with Crippen LogP contribution in [0.25, 0.3) is 23.2 Å². The molecule has 1 heterocycles. The highest BCUT2D eigenvalue weighted by Gasteiger charge is 2.37. The summed E-state index contributed by atoms with van der Waals surface area (Å²) in [4.78, 5) is 15.7. The van der Waals surface area contributed by atoms with Crippen molar-refractivity contribution in [1.29, 1.82) is 0 Å². The van der Waals surface area contributed by atoms with Crippen molar-refractivity contribution in [2.75, 3.05) is 20.1 Å². The standard InChI is InChI=1S/C22H20F6N6O3S/c1-30-5-6-32-38(36,37)17-4-2-3-13(9-17)18(19(29)35)11-34-12-31-20(33-34)14-7-15(21(23,24)25)10-16(8-14)22(26,27)28/h2-4,7-12,30,32H,5-6H2,1H3,(H2,29,35)/b18-11+. The third-order valence-corrected chi connectivity index (χ3v) is 6.46. The predicted molar refractivity (Wildman–Crippen MR) is 124 cm³/mol. The highest BCUT2D eigenvalue weighted by Crippen LogP contribution is 2.38. The fourth-order valence-corrected chi connectivity index (χ4v) is 4.27. The van der Waals surface area contributed by atoms with Crippen LogP contribution in [0.2, 0.25) is 0 Å². The summed E-state index contributed by atoms with van der Waals surface area (Å²) in [5.41, 5.74) is 1.57. The van der Waals surface area contributed by atoms with Crippen LogP contribution in [0.3, 0.4) is 0 Å². The van der Waals surface area contributed by atoms with Gasteiger partial charge in [-0.05, 0) is 42.9 Å². The fourth-order valence-electron chi connectivity index (χ4n) is 3.19. The number of carbonyl (C=O) groups excluding carboxylic acids is 1. The zero-order valence-corrected chi connectivity index (χ0v) is 20.2. The maximum Gasteiger partial charge on any atom is 0.416 e. The van der Waals surface area contributed by atoms with Gasteiger partial charge in [0.05, 0.1) is 21.6 Å². The SMILES string of the molecule is CNCCNS(=O)(=O)c1cccc(/C(=C\n2cnc(-c3cc(C(F)(F)F)cc(C(F)(F)F)c3)n2)C(N)=O)c1. The molecule has 3 aromatic rings. The topological polar surface area (TPSA) is 132 Å². The van der Waals surface area contributed by atoms with Gasteiger partial charge in [0.1, 0.15) is 6.33 Å². The van der Waals surface area contributed by atoms with Crippen molar-refractivity contribution in [3.63, 3.8) is 0 Å². The summed E-state index contributed by atoms with van der Waals surface area (Å²) in [6, 6.07) is 6.07. The van der Waals surface area contributed by atoms with Gasteiger partial charge in [-0.3, -0.25) is 4.79 Å². The zero-order chi connectivity index (χ0) is 28.3. The minimum Gasteiger partial charge on any atom is -0.366 e. The lowest BCUT2D eigenvalue weighted by molar-refractivity contribution is -0.143. The molecule has 0 unspecified atom stereocenters. The van der Waals surface area contributed by atoms with Crippen molar-refractivity contribution in [3.05, 3.63) is 65.5 Å². The van der Waals surface area contributed by atoms with Crippen molar-refractivity contribution >= 4 is 27.7 Å². The zero-order valence-electron chi connectivity index (χ0n) is 19.4. The van der Waals surface area contributed by atoms with Crippen LogP contribution in [0, 0.1) is 0 Å². The number of primary amides is 1. The largest absolute Gasteiger partial charge is 0.416 e. The van der Waals surface area contributed by atoms with Crippen LogP contribution in [0.4, 0.5) is 26.3 Å². The van der Waals surface area contributed by atoms with E-state index in [9.17, 15) is 39.6 Å². The first-order valence-corrected chi connectivity index (χ1v) is 12.1. The number of amides is 1. The van der Waals surface area contributed by atoms with E-state index in [0.717, 1.165) is 17.2 Å². The van der Waals surface area contributed by atoms with Crippen molar-refractivity contribution < 1.29 is 39.6 Å². The van der Waals surface area contributed by atoms with Crippen LogP contribution in [0.1, 0.15) is 16.7 Å². The molecule has 0 aliphatic carbocycles. The Bertz CT molecular complexity index is 1430. The van der Waals surface area contributed by atoms with Crippen LogP contribution in [0.15, 0.2) is 53.7 Å². The van der Waals surface area contributed by atoms with Crippen LogP contribution < -0.4 is 15.8 Å². The summed E-state index contributed by atoms with van der Waals surface area (Å²) in [6.07, 6.45) is -8.18. The lowest BCUT2D eigenvalue weighted by atomic mass is 10.0. The molecule has 0 saturated heterocycles. The molecule has 38 heavy (non-hydrogen) atoms. The second kappa shape index (κ2) is 10.9. The summed E-state index contributed by atoms with van der Waals surface area (Å²) < 4.78 is 107. The third-order valence-electron chi connectivity index (χ3n) is 5.00. The highest BCUT2D eigenvalue weighted by atomic mass is 32.2. The normalized spacial score (nSPS) is 13.1. The molecule has 16 heteroatoms. The molecule has 0 aliphatic heterocycles. The monoisotopic (exact) mass is 562 g/mol. The molecule has 0 atom stereocenters. The molecule has 204 valence electrons. The van der Waals surface area contributed by atoms with E-state index in [1.54, 1.807) is 7.05 Å². The predicted octanol–water partition coefficient (Wildman–Crippen LogP) is 2.96. The number of aromatic nitrogens is 3. The van der Waals surface area contributed by atoms with Gasteiger partial charge in [-0.1, -0.05) is 12.1 Å². The molecule has 2 aromatic carbocycles. The number of benzene rings is 2. The van der Waals surface area contributed by atoms with E-state index in [1.807, 2.05) is 0 Å². The molecule has 0 spiro atoms. The Kier molecular flexibility index (Phi) is 8.28. The van der Waals surface area contributed by atoms with Gasteiger partial charge in [-0.15, -0.1) is 5.10 Å². The number of hydrogen-bond acceptors (Lipinski definition) is 6. The Morgan fingerprint density at radius 1 is 1.03 bits per heavy atom. The molecular formula is C22H20F6N6O3S. The van der Waals surface area contributed by atoms with Crippen molar-refractivity contribution in [2.45, 2.75) is 17.2 Å². The summed E-state index contributed by atoms with van der Waals surface area (Å²) in [5.74, 6) is -1.51. The molecule has 0 fully saturated rings. The lowest BCUT2D eigenvalue weighted by Crippen LogP contribution is -2.30. The first-order valence-electron chi connectivity index (χ1n) is 10.6. The van der Waals surface area contributed by atoms with E-state index >= 15 is 0 Å². The minimum absolute atomic E-state index is 0.0275. The Morgan fingerprint density at radius 3 is 2.21 bits per heavy atom. The maximum atomic E-state index is 13.2. The Balaban J connectivity index is 2.02. The number of carbonyl (C=O) groups is 1. The quantitative estimate of drug-likeness (QED) is 0.209. The third kappa shape index (κ3) is 6.96. The molecule has 9 nitrogen and oxygen atoms in total. The summed E-state index contributed by atoms with van der Waals surface area (Å²) in [5, 5.41) is 6.62. The van der Waals surface area contributed by atoms with Gasteiger partial charge in [0.25, 0.3) is 5.91 Å². The van der Waals surface area contributed by atoms with Gasteiger partial charge >= 0.3 is 12.4 Å². The molecular weight excluding hydrogens is 542 g/mol. The van der Waals surface area contributed by atoms with E-state index in [2.05, 4.69) is 20.1 Å². The molecule has 3 rings (SSSR count). The summed E-state index contributed by atoms with van der Waals surface area (Å²) in [7, 11) is -2.30. The van der Waals surface area contributed by atoms with Crippen molar-refractivity contribution in [1.82, 2.24) is 24.8 Å². The number of hydrogen-bond donors (Lipinski definition) is 3. The van der Waals surface area contributed by atoms with E-state index in [1.165, 1.54) is 24.3 Å². The Morgan fingerprint density at radius 2 is 1.66 bits per heavy atom. The van der Waals surface area contributed by atoms with Gasteiger partial charge in [0.2, 0.25) is 10.0 Å². The molecule has 0 radical (unpaired) electrons. The molecule has 0 aliphatic rings. The van der Waals surface area contributed by atoms with Crippen molar-refractivity contribution in [3.8, 4) is 11.4 Å². The molecule has 4 N–H and O–H groups in total. The minimum atomic E-state index is -5.06. The summed E-state index contributed by atoms with van der Waals surface area (Å²) in [6.45, 7) is 0.450. The molecule has 0 saturated carbocycles. The van der Waals surface area contributed by atoms with Crippen LogP contribution in [0.5, 0.6) is 0 Å². The number of likely N-dealkylation sites (N-methyl/N-ethyl adjacent to an activating group) is 1. The van der Waals surface area contributed by atoms with Gasteiger partial charge in [-0.2, -0.15) is 26.3 Å². The van der Waals surface area contributed by atoms with E-state index < -0.39 is 50.8 Å². The van der Waals surface area contributed by atoms with Crippen LogP contribution in [-0.4, -0.2) is 49.2 Å². The second-order valence-corrected chi connectivity index (χ2v) is 9.55. The number of nitrogens with one attached hydrogen (secondary N) is 2. The van der Waals surface area contributed by atoms with Crippen LogP contribution >= 0.6 is 0 Å². The Labute approximate surface area is 212 Å². The van der Waals surface area contributed by atoms with Gasteiger partial charge < -0.3 is 11.1 Å². The summed E-state index contributed by atoms with van der Waals surface area (Å²) >= 11 is 0. The highest BCUT2D eigenvalue weighted by molar-refractivity contribution is 7.89.